The van der Waals surface area contributed by atoms with E-state index in [1.54, 1.807) is 6.07 Å². The molecule has 2 N–H and O–H groups in total. The maximum absolute atomic E-state index is 10.4. The summed E-state index contributed by atoms with van der Waals surface area (Å²) in [6.07, 6.45) is 17.7. The largest absolute Gasteiger partial charge is 0.507 e. The number of aromatic amines is 1. The lowest BCUT2D eigenvalue weighted by atomic mass is 9.58. The second-order valence-electron chi connectivity index (χ2n) is 13.4. The van der Waals surface area contributed by atoms with Crippen LogP contribution in [0.15, 0.2) is 42.7 Å². The van der Waals surface area contributed by atoms with Crippen LogP contribution in [0.4, 0.5) is 5.95 Å². The van der Waals surface area contributed by atoms with E-state index in [1.807, 2.05) is 24.3 Å². The van der Waals surface area contributed by atoms with Gasteiger partial charge in [-0.05, 0) is 93.6 Å². The Kier molecular flexibility index (Phi) is 6.43. The van der Waals surface area contributed by atoms with Crippen LogP contribution in [-0.2, 0) is 6.42 Å². The third-order valence-corrected chi connectivity index (χ3v) is 11.0. The summed E-state index contributed by atoms with van der Waals surface area (Å²) in [5.41, 5.74) is 6.55. The Bertz CT molecular complexity index is 1580. The van der Waals surface area contributed by atoms with Gasteiger partial charge in [0.05, 0.1) is 11.7 Å². The third kappa shape index (κ3) is 4.46. The predicted molar refractivity (Wildman–Crippen MR) is 165 cm³/mol. The number of nitrogens with zero attached hydrogens (tertiary/aromatic N) is 6. The maximum atomic E-state index is 10.4. The second kappa shape index (κ2) is 10.3. The van der Waals surface area contributed by atoms with Gasteiger partial charge in [0.1, 0.15) is 5.75 Å². The van der Waals surface area contributed by atoms with E-state index in [0.29, 0.717) is 22.6 Å². The molecule has 8 nitrogen and oxygen atoms in total. The van der Waals surface area contributed by atoms with E-state index in [-0.39, 0.29) is 11.8 Å². The van der Waals surface area contributed by atoms with Crippen LogP contribution in [0.3, 0.4) is 0 Å². The van der Waals surface area contributed by atoms with Gasteiger partial charge < -0.3 is 19.9 Å². The van der Waals surface area contributed by atoms with Gasteiger partial charge >= 0.3 is 0 Å². The molecule has 42 heavy (non-hydrogen) atoms. The second-order valence-corrected chi connectivity index (χ2v) is 13.4. The minimum atomic E-state index is 0.0907. The highest BCUT2D eigenvalue weighted by Crippen LogP contribution is 2.53. The summed E-state index contributed by atoms with van der Waals surface area (Å²) in [4.78, 5) is 18.4. The number of phenolic OH excluding ortho intramolecular Hbond substituents is 1. The highest BCUT2D eigenvalue weighted by molar-refractivity contribution is 5.86. The number of H-pyrrole nitrogens is 1. The lowest BCUT2D eigenvalue weighted by molar-refractivity contribution is -0.0335. The van der Waals surface area contributed by atoms with Crippen LogP contribution in [0, 0.1) is 5.41 Å². The van der Waals surface area contributed by atoms with Crippen molar-refractivity contribution in [3.8, 4) is 17.0 Å². The first-order valence-electron chi connectivity index (χ1n) is 16.1. The minimum absolute atomic E-state index is 0.0907. The van der Waals surface area contributed by atoms with Crippen molar-refractivity contribution in [1.82, 2.24) is 30.0 Å². The number of fused-ring (bicyclic) bond motifs is 3. The first-order valence-corrected chi connectivity index (χ1v) is 16.1. The normalized spacial score (nSPS) is 23.3. The fourth-order valence-corrected chi connectivity index (χ4v) is 8.61. The SMILES string of the molecule is C[C@H]1c2c([nH]c3nnc(-c4ccccc4O)cc23)CCN1c1ncc(C2CCN(C3CC4(CCCCC4)C3)CC2)cn1. The molecule has 5 heterocycles. The summed E-state index contributed by atoms with van der Waals surface area (Å²) in [6, 6.07) is 10.2. The molecule has 1 spiro atoms. The Balaban J connectivity index is 0.952. The molecule has 0 amide bonds. The first kappa shape index (κ1) is 26.1. The Morgan fingerprint density at radius 1 is 0.952 bits per heavy atom. The van der Waals surface area contributed by atoms with Crippen molar-refractivity contribution in [2.24, 2.45) is 5.41 Å². The smallest absolute Gasteiger partial charge is 0.225 e. The molecule has 0 bridgehead atoms. The predicted octanol–water partition coefficient (Wildman–Crippen LogP) is 6.54. The van der Waals surface area contributed by atoms with Crippen molar-refractivity contribution >= 4 is 17.0 Å². The molecule has 4 aliphatic rings. The summed E-state index contributed by atoms with van der Waals surface area (Å²) in [5, 5.41) is 20.3. The maximum Gasteiger partial charge on any atom is 0.225 e. The Morgan fingerprint density at radius 2 is 1.71 bits per heavy atom. The van der Waals surface area contributed by atoms with Crippen molar-refractivity contribution in [3.05, 3.63) is 59.5 Å². The van der Waals surface area contributed by atoms with Crippen LogP contribution in [-0.4, -0.2) is 60.8 Å². The quantitative estimate of drug-likeness (QED) is 0.291. The van der Waals surface area contributed by atoms with E-state index in [4.69, 9.17) is 9.97 Å². The molecule has 3 aromatic heterocycles. The number of hydrogen-bond acceptors (Lipinski definition) is 7. The average Bonchev–Trinajstić information content (AvgIpc) is 3.40. The number of aromatic nitrogens is 5. The molecule has 4 aromatic rings. The van der Waals surface area contributed by atoms with Crippen molar-refractivity contribution in [1.29, 1.82) is 0 Å². The Labute approximate surface area is 247 Å². The molecule has 3 fully saturated rings. The fourth-order valence-electron chi connectivity index (χ4n) is 8.61. The van der Waals surface area contributed by atoms with Gasteiger partial charge in [-0.2, -0.15) is 0 Å². The van der Waals surface area contributed by atoms with Gasteiger partial charge in [-0.15, -0.1) is 10.2 Å². The highest BCUT2D eigenvalue weighted by Gasteiger charge is 2.47. The number of phenols is 1. The summed E-state index contributed by atoms with van der Waals surface area (Å²) < 4.78 is 0. The van der Waals surface area contributed by atoms with Crippen molar-refractivity contribution in [2.75, 3.05) is 24.5 Å². The van der Waals surface area contributed by atoms with Crippen LogP contribution >= 0.6 is 0 Å². The molecule has 2 saturated carbocycles. The number of rotatable bonds is 4. The topological polar surface area (TPSA) is 94.1 Å². The molecule has 2 aliphatic heterocycles. The summed E-state index contributed by atoms with van der Waals surface area (Å²) in [5.74, 6) is 1.56. The zero-order valence-electron chi connectivity index (χ0n) is 24.6. The van der Waals surface area contributed by atoms with Gasteiger partial charge in [-0.3, -0.25) is 0 Å². The summed E-state index contributed by atoms with van der Waals surface area (Å²) in [7, 11) is 0. The average molecular weight is 564 g/mol. The zero-order chi connectivity index (χ0) is 28.3. The van der Waals surface area contributed by atoms with E-state index in [2.05, 4.69) is 44.3 Å². The molecular formula is C34H41N7O. The van der Waals surface area contributed by atoms with Crippen LogP contribution in [0.1, 0.15) is 93.5 Å². The van der Waals surface area contributed by atoms with Crippen molar-refractivity contribution in [2.45, 2.75) is 89.1 Å². The van der Waals surface area contributed by atoms with E-state index < -0.39 is 0 Å². The van der Waals surface area contributed by atoms with E-state index in [1.165, 1.54) is 87.7 Å². The molecule has 8 heteroatoms. The molecule has 218 valence electrons. The number of piperidine rings is 1. The molecule has 0 radical (unpaired) electrons. The van der Waals surface area contributed by atoms with Gasteiger partial charge in [-0.1, -0.05) is 31.4 Å². The third-order valence-electron chi connectivity index (χ3n) is 11.0. The number of hydrogen-bond donors (Lipinski definition) is 2. The molecule has 8 rings (SSSR count). The molecule has 1 atom stereocenters. The molecule has 2 aliphatic carbocycles. The Hall–Kier alpha value is -3.52. The van der Waals surface area contributed by atoms with Crippen LogP contribution in [0.5, 0.6) is 5.75 Å². The van der Waals surface area contributed by atoms with E-state index in [9.17, 15) is 5.11 Å². The molecule has 0 unspecified atom stereocenters. The van der Waals surface area contributed by atoms with Gasteiger partial charge in [0, 0.05) is 53.6 Å². The van der Waals surface area contributed by atoms with Gasteiger partial charge in [0.15, 0.2) is 5.65 Å². The highest BCUT2D eigenvalue weighted by atomic mass is 16.3. The number of para-hydroxylation sites is 1. The molecule has 1 aromatic carbocycles. The van der Waals surface area contributed by atoms with Crippen molar-refractivity contribution in [3.63, 3.8) is 0 Å². The Morgan fingerprint density at radius 3 is 2.48 bits per heavy atom. The molecule has 1 saturated heterocycles. The lowest BCUT2D eigenvalue weighted by Gasteiger charge is -2.55. The minimum Gasteiger partial charge on any atom is -0.507 e. The van der Waals surface area contributed by atoms with E-state index >= 15 is 0 Å². The number of nitrogens with one attached hydrogen (secondary N) is 1. The number of aromatic hydroxyl groups is 1. The van der Waals surface area contributed by atoms with Crippen LogP contribution < -0.4 is 4.90 Å². The first-order chi connectivity index (χ1) is 20.6. The number of anilines is 1. The molecular weight excluding hydrogens is 522 g/mol. The van der Waals surface area contributed by atoms with Crippen LogP contribution in [0.25, 0.3) is 22.3 Å². The fraction of sp³-hybridized carbons (Fsp3) is 0.529. The van der Waals surface area contributed by atoms with Crippen LogP contribution in [0.2, 0.25) is 0 Å². The standard InChI is InChI=1S/C34H41N7O/c1-22-31-27-17-29(26-7-3-4-8-30(26)42)38-39-32(27)37-28(31)11-16-41(22)33-35-20-24(21-36-33)23-9-14-40(15-10-23)25-18-34(19-25)12-5-2-6-13-34/h3-4,7-8,17,20-23,25,42H,2,5-6,9-16,18-19H2,1H3,(H,37,39)/t22-/m0/s1. The van der Waals surface area contributed by atoms with E-state index in [0.717, 1.165) is 36.0 Å². The zero-order valence-corrected chi connectivity index (χ0v) is 24.6. The van der Waals surface area contributed by atoms with Gasteiger partial charge in [-0.25, -0.2) is 9.97 Å². The summed E-state index contributed by atoms with van der Waals surface area (Å²) in [6.45, 7) is 5.49. The van der Waals surface area contributed by atoms with Crippen molar-refractivity contribution < 1.29 is 5.11 Å². The number of likely N-dealkylation sites (tertiary alicyclic amines) is 1. The number of benzene rings is 1. The monoisotopic (exact) mass is 563 g/mol. The van der Waals surface area contributed by atoms with Gasteiger partial charge in [0.25, 0.3) is 0 Å². The lowest BCUT2D eigenvalue weighted by Crippen LogP contribution is -2.53. The summed E-state index contributed by atoms with van der Waals surface area (Å²) >= 11 is 0. The van der Waals surface area contributed by atoms with Gasteiger partial charge in [0.2, 0.25) is 5.95 Å².